The van der Waals surface area contributed by atoms with Gasteiger partial charge in [-0.3, -0.25) is 0 Å². The summed E-state index contributed by atoms with van der Waals surface area (Å²) >= 11 is 0. The van der Waals surface area contributed by atoms with Gasteiger partial charge in [-0.2, -0.15) is 0 Å². The number of fused-ring (bicyclic) bond motifs is 1. The number of ether oxygens (including phenoxy) is 2. The highest BCUT2D eigenvalue weighted by Gasteiger charge is 2.39. The molecule has 2 atom stereocenters. The minimum Gasteiger partial charge on any atom is -0.444 e. The molecule has 2 rings (SSSR count). The van der Waals surface area contributed by atoms with Crippen LogP contribution in [0.15, 0.2) is 0 Å². The van der Waals surface area contributed by atoms with Crippen LogP contribution >= 0.6 is 0 Å². The molecule has 2 aliphatic rings. The highest BCUT2D eigenvalue weighted by Crippen LogP contribution is 2.35. The fourth-order valence-electron chi connectivity index (χ4n) is 1.68. The lowest BCUT2D eigenvalue weighted by atomic mass is 10.0. The van der Waals surface area contributed by atoms with E-state index in [2.05, 4.69) is 4.74 Å². The highest BCUT2D eigenvalue weighted by atomic mass is 16.6. The molecule has 4 heteroatoms. The maximum absolute atomic E-state index is 10.0. The molecule has 2 unspecified atom stereocenters. The number of carbonyl (C=O) groups excluding carboxylic acids is 1. The van der Waals surface area contributed by atoms with Crippen LogP contribution < -0.4 is 5.73 Å². The Labute approximate surface area is 91.1 Å². The molecule has 1 saturated heterocycles. The maximum atomic E-state index is 10.0. The van der Waals surface area contributed by atoms with Crippen molar-refractivity contribution < 1.29 is 14.3 Å². The zero-order valence-electron chi connectivity index (χ0n) is 9.79. The van der Waals surface area contributed by atoms with Crippen LogP contribution in [0.5, 0.6) is 0 Å². The van der Waals surface area contributed by atoms with Crippen LogP contribution in [0, 0.1) is 0 Å². The van der Waals surface area contributed by atoms with Gasteiger partial charge in [0.25, 0.3) is 0 Å². The van der Waals surface area contributed by atoms with Crippen molar-refractivity contribution in [3.8, 4) is 0 Å². The zero-order chi connectivity index (χ0) is 11.5. The lowest BCUT2D eigenvalue weighted by Gasteiger charge is -2.16. The Morgan fingerprint density at radius 1 is 1.27 bits per heavy atom. The fourth-order valence-corrected chi connectivity index (χ4v) is 1.68. The van der Waals surface area contributed by atoms with E-state index in [0.29, 0.717) is 12.2 Å². The van der Waals surface area contributed by atoms with Gasteiger partial charge in [-0.05, 0) is 33.6 Å². The molecule has 88 valence electrons. The Bertz CT molecular complexity index is 212. The molecule has 0 spiro atoms. The van der Waals surface area contributed by atoms with Gasteiger partial charge in [0.15, 0.2) is 0 Å². The zero-order valence-corrected chi connectivity index (χ0v) is 9.79. The minimum absolute atomic E-state index is 0.453. The van der Waals surface area contributed by atoms with Crippen LogP contribution in [-0.4, -0.2) is 23.9 Å². The third kappa shape index (κ3) is 5.62. The van der Waals surface area contributed by atoms with Gasteiger partial charge in [-0.1, -0.05) is 12.8 Å². The van der Waals surface area contributed by atoms with E-state index in [-0.39, 0.29) is 0 Å². The van der Waals surface area contributed by atoms with Crippen LogP contribution in [0.1, 0.15) is 46.5 Å². The van der Waals surface area contributed by atoms with Gasteiger partial charge in [0.05, 0.1) is 12.2 Å². The van der Waals surface area contributed by atoms with Gasteiger partial charge >= 0.3 is 6.09 Å². The summed E-state index contributed by atoms with van der Waals surface area (Å²) < 4.78 is 9.85. The van der Waals surface area contributed by atoms with Crippen molar-refractivity contribution in [2.24, 2.45) is 5.73 Å². The number of carbonyl (C=O) groups is 1. The van der Waals surface area contributed by atoms with E-state index in [0.717, 1.165) is 0 Å². The molecule has 0 bridgehead atoms. The lowest BCUT2D eigenvalue weighted by Crippen LogP contribution is -2.27. The molecule has 4 nitrogen and oxygen atoms in total. The second-order valence-electron chi connectivity index (χ2n) is 5.03. The highest BCUT2D eigenvalue weighted by molar-refractivity contribution is 5.65. The summed E-state index contributed by atoms with van der Waals surface area (Å²) in [6.07, 6.45) is 6.16. The van der Waals surface area contributed by atoms with Gasteiger partial charge in [0.2, 0.25) is 0 Å². The van der Waals surface area contributed by atoms with E-state index in [1.54, 1.807) is 20.8 Å². The van der Waals surface area contributed by atoms with Gasteiger partial charge in [-0.15, -0.1) is 0 Å². The number of rotatable bonds is 0. The lowest BCUT2D eigenvalue weighted by molar-refractivity contribution is 0.0600. The maximum Gasteiger partial charge on any atom is 0.405 e. The first-order valence-electron chi connectivity index (χ1n) is 5.52. The standard InChI is InChI=1S/C6H10O.C5H11NO2/c1-2-4-6-5(3-1)7-6;1-5(2,3)8-4(6)7/h5-6H,1-4H2;1-3H3,(H2,6,7). The van der Waals surface area contributed by atoms with Crippen LogP contribution in [0.3, 0.4) is 0 Å². The van der Waals surface area contributed by atoms with E-state index in [1.165, 1.54) is 25.7 Å². The van der Waals surface area contributed by atoms with Gasteiger partial charge in [-0.25, -0.2) is 4.79 Å². The van der Waals surface area contributed by atoms with Crippen molar-refractivity contribution in [2.45, 2.75) is 64.3 Å². The van der Waals surface area contributed by atoms with Crippen molar-refractivity contribution >= 4 is 6.09 Å². The van der Waals surface area contributed by atoms with Gasteiger partial charge < -0.3 is 15.2 Å². The molecule has 0 aromatic carbocycles. The Kier molecular flexibility index (Phi) is 3.97. The summed E-state index contributed by atoms with van der Waals surface area (Å²) in [5.41, 5.74) is 4.26. The molecule has 1 aliphatic carbocycles. The number of amides is 1. The third-order valence-electron chi connectivity index (χ3n) is 2.32. The van der Waals surface area contributed by atoms with Crippen LogP contribution in [0.2, 0.25) is 0 Å². The Morgan fingerprint density at radius 2 is 1.73 bits per heavy atom. The summed E-state index contributed by atoms with van der Waals surface area (Å²) in [6.45, 7) is 5.28. The van der Waals surface area contributed by atoms with Crippen molar-refractivity contribution in [3.63, 3.8) is 0 Å². The molecular weight excluding hydrogens is 194 g/mol. The Morgan fingerprint density at radius 3 is 1.93 bits per heavy atom. The number of primary amides is 1. The normalized spacial score (nSPS) is 28.2. The molecule has 2 N–H and O–H groups in total. The average molecular weight is 215 g/mol. The Balaban J connectivity index is 0.000000150. The van der Waals surface area contributed by atoms with E-state index >= 15 is 0 Å². The summed E-state index contributed by atoms with van der Waals surface area (Å²) in [5.74, 6) is 0. The summed E-state index contributed by atoms with van der Waals surface area (Å²) in [6, 6.07) is 0. The van der Waals surface area contributed by atoms with Crippen LogP contribution in [-0.2, 0) is 9.47 Å². The van der Waals surface area contributed by atoms with Crippen molar-refractivity contribution in [2.75, 3.05) is 0 Å². The molecule has 0 radical (unpaired) electrons. The van der Waals surface area contributed by atoms with Crippen LogP contribution in [0.25, 0.3) is 0 Å². The topological polar surface area (TPSA) is 64.8 Å². The van der Waals surface area contributed by atoms with Gasteiger partial charge in [0, 0.05) is 0 Å². The second kappa shape index (κ2) is 4.84. The smallest absolute Gasteiger partial charge is 0.405 e. The first-order valence-corrected chi connectivity index (χ1v) is 5.52. The van der Waals surface area contributed by atoms with Crippen molar-refractivity contribution in [3.05, 3.63) is 0 Å². The Hall–Kier alpha value is -0.770. The summed E-state index contributed by atoms with van der Waals surface area (Å²) in [4.78, 5) is 10.0. The van der Waals surface area contributed by atoms with E-state index in [4.69, 9.17) is 10.5 Å². The molecule has 15 heavy (non-hydrogen) atoms. The molecular formula is C11H21NO3. The summed E-state index contributed by atoms with van der Waals surface area (Å²) in [7, 11) is 0. The monoisotopic (exact) mass is 215 g/mol. The summed E-state index contributed by atoms with van der Waals surface area (Å²) in [5, 5.41) is 0. The molecule has 0 aromatic heterocycles. The van der Waals surface area contributed by atoms with E-state index in [9.17, 15) is 4.79 Å². The third-order valence-corrected chi connectivity index (χ3v) is 2.32. The average Bonchev–Trinajstić information content (AvgIpc) is 2.77. The number of epoxide rings is 1. The van der Waals surface area contributed by atoms with Gasteiger partial charge in [0.1, 0.15) is 5.60 Å². The predicted molar refractivity (Wildman–Crippen MR) is 57.6 cm³/mol. The number of nitrogens with two attached hydrogens (primary N) is 1. The first-order chi connectivity index (χ1) is 6.88. The molecule has 1 aliphatic heterocycles. The number of hydrogen-bond acceptors (Lipinski definition) is 3. The molecule has 2 fully saturated rings. The SMILES string of the molecule is C1CCC2OC2C1.CC(C)(C)OC(N)=O. The van der Waals surface area contributed by atoms with E-state index in [1.807, 2.05) is 0 Å². The first kappa shape index (κ1) is 12.3. The predicted octanol–water partition coefficient (Wildman–Crippen LogP) is 2.21. The number of hydrogen-bond donors (Lipinski definition) is 1. The second-order valence-corrected chi connectivity index (χ2v) is 5.03. The molecule has 1 amide bonds. The minimum atomic E-state index is -0.725. The van der Waals surface area contributed by atoms with Crippen LogP contribution in [0.4, 0.5) is 4.79 Å². The van der Waals surface area contributed by atoms with Crippen molar-refractivity contribution in [1.82, 2.24) is 0 Å². The molecule has 1 saturated carbocycles. The largest absolute Gasteiger partial charge is 0.444 e. The molecule has 1 heterocycles. The van der Waals surface area contributed by atoms with Crippen molar-refractivity contribution in [1.29, 1.82) is 0 Å². The quantitative estimate of drug-likeness (QED) is 0.630. The molecule has 0 aromatic rings. The fraction of sp³-hybridized carbons (Fsp3) is 0.909. The van der Waals surface area contributed by atoms with E-state index < -0.39 is 11.7 Å².